The molecule has 0 aromatic carbocycles. The number of anilines is 1. The van der Waals surface area contributed by atoms with Crippen LogP contribution in [-0.4, -0.2) is 39.8 Å². The van der Waals surface area contributed by atoms with Crippen molar-refractivity contribution in [1.29, 1.82) is 0 Å². The van der Waals surface area contributed by atoms with E-state index < -0.39 is 0 Å². The lowest BCUT2D eigenvalue weighted by atomic mass is 10.1. The van der Waals surface area contributed by atoms with Crippen LogP contribution in [0.15, 0.2) is 18.0 Å². The van der Waals surface area contributed by atoms with E-state index in [1.807, 2.05) is 31.3 Å². The van der Waals surface area contributed by atoms with Crippen molar-refractivity contribution in [2.24, 2.45) is 5.92 Å². The van der Waals surface area contributed by atoms with Crippen LogP contribution in [0.3, 0.4) is 0 Å². The molecule has 20 heavy (non-hydrogen) atoms. The molecule has 0 radical (unpaired) electrons. The number of aromatic nitrogens is 4. The third-order valence-corrected chi connectivity index (χ3v) is 3.80. The zero-order chi connectivity index (χ0) is 14.5. The summed E-state index contributed by atoms with van der Waals surface area (Å²) in [6.45, 7) is 2.83. The summed E-state index contributed by atoms with van der Waals surface area (Å²) in [5, 5.41) is 9.77. The Morgan fingerprint density at radius 3 is 2.95 bits per heavy atom. The largest absolute Gasteiger partial charge is 0.354 e. The first-order chi connectivity index (χ1) is 9.56. The fraction of sp³-hybridized carbons (Fsp3) is 0.500. The number of nitrogens with zero attached hydrogens (tertiary/aromatic N) is 5. The Morgan fingerprint density at radius 2 is 2.35 bits per heavy atom. The second-order valence-electron chi connectivity index (χ2n) is 4.75. The van der Waals surface area contributed by atoms with Crippen molar-refractivity contribution in [3.8, 4) is 0 Å². The highest BCUT2D eigenvalue weighted by molar-refractivity contribution is 7.13. The molecule has 0 unspecified atom stereocenters. The van der Waals surface area contributed by atoms with Gasteiger partial charge in [0.1, 0.15) is 12.7 Å². The van der Waals surface area contributed by atoms with Gasteiger partial charge in [-0.2, -0.15) is 5.10 Å². The van der Waals surface area contributed by atoms with E-state index in [2.05, 4.69) is 20.4 Å². The molecule has 0 bridgehead atoms. The molecule has 0 fully saturated rings. The number of rotatable bonds is 6. The van der Waals surface area contributed by atoms with Gasteiger partial charge in [0.05, 0.1) is 24.7 Å². The van der Waals surface area contributed by atoms with Gasteiger partial charge in [-0.3, -0.25) is 9.48 Å². The predicted molar refractivity (Wildman–Crippen MR) is 77.5 cm³/mol. The minimum absolute atomic E-state index is 0.0140. The third-order valence-electron chi connectivity index (χ3n) is 2.74. The number of carbonyl (C=O) groups is 1. The van der Waals surface area contributed by atoms with Crippen LogP contribution in [0.5, 0.6) is 0 Å². The van der Waals surface area contributed by atoms with Gasteiger partial charge in [-0.05, 0) is 0 Å². The van der Waals surface area contributed by atoms with Crippen molar-refractivity contribution in [2.45, 2.75) is 20.0 Å². The summed E-state index contributed by atoms with van der Waals surface area (Å²) in [4.78, 5) is 22.2. The summed E-state index contributed by atoms with van der Waals surface area (Å²) < 4.78 is 1.65. The van der Waals surface area contributed by atoms with E-state index in [1.54, 1.807) is 22.3 Å². The molecule has 8 heteroatoms. The minimum atomic E-state index is -0.163. The molecule has 0 aliphatic heterocycles. The van der Waals surface area contributed by atoms with Crippen LogP contribution in [-0.2, 0) is 17.9 Å². The maximum absolute atomic E-state index is 12.0. The van der Waals surface area contributed by atoms with E-state index in [9.17, 15) is 4.79 Å². The highest BCUT2D eigenvalue weighted by Crippen LogP contribution is 2.17. The lowest BCUT2D eigenvalue weighted by Gasteiger charge is -2.11. The summed E-state index contributed by atoms with van der Waals surface area (Å²) in [6.07, 6.45) is 3.07. The molecule has 1 N–H and O–H groups in total. The van der Waals surface area contributed by atoms with Crippen molar-refractivity contribution in [2.75, 3.05) is 19.0 Å². The van der Waals surface area contributed by atoms with Gasteiger partial charge in [-0.15, -0.1) is 11.3 Å². The standard InChI is InChI=1S/C12H18N6OS/c1-9(5-18-8-13-7-15-18)11(19)14-4-10-6-20-12(16-10)17(2)3/h6-9H,4-5H2,1-3H3,(H,14,19)/t9-/m0/s1. The Hall–Kier alpha value is -1.96. The van der Waals surface area contributed by atoms with Crippen LogP contribution < -0.4 is 10.2 Å². The lowest BCUT2D eigenvalue weighted by Crippen LogP contribution is -2.31. The number of carbonyl (C=O) groups excluding carboxylic acids is 1. The summed E-state index contributed by atoms with van der Waals surface area (Å²) in [7, 11) is 3.89. The molecular weight excluding hydrogens is 276 g/mol. The maximum Gasteiger partial charge on any atom is 0.225 e. The highest BCUT2D eigenvalue weighted by Gasteiger charge is 2.14. The Kier molecular flexibility index (Phi) is 4.67. The van der Waals surface area contributed by atoms with Gasteiger partial charge >= 0.3 is 0 Å². The first kappa shape index (κ1) is 14.4. The highest BCUT2D eigenvalue weighted by atomic mass is 32.1. The number of nitrogens with one attached hydrogen (secondary N) is 1. The fourth-order valence-corrected chi connectivity index (χ4v) is 2.38. The van der Waals surface area contributed by atoms with Crippen molar-refractivity contribution in [3.05, 3.63) is 23.7 Å². The van der Waals surface area contributed by atoms with Gasteiger partial charge in [0.25, 0.3) is 0 Å². The molecule has 2 aromatic heterocycles. The van der Waals surface area contributed by atoms with E-state index in [-0.39, 0.29) is 11.8 Å². The maximum atomic E-state index is 12.0. The summed E-state index contributed by atoms with van der Waals surface area (Å²) in [5.41, 5.74) is 0.875. The van der Waals surface area contributed by atoms with E-state index in [0.717, 1.165) is 10.8 Å². The Labute approximate surface area is 121 Å². The number of amides is 1. The van der Waals surface area contributed by atoms with Crippen LogP contribution in [0.2, 0.25) is 0 Å². The minimum Gasteiger partial charge on any atom is -0.354 e. The zero-order valence-electron chi connectivity index (χ0n) is 11.8. The second kappa shape index (κ2) is 6.47. The van der Waals surface area contributed by atoms with Crippen molar-refractivity contribution in [3.63, 3.8) is 0 Å². The quantitative estimate of drug-likeness (QED) is 0.851. The van der Waals surface area contributed by atoms with E-state index in [0.29, 0.717) is 13.1 Å². The fourth-order valence-electron chi connectivity index (χ4n) is 1.63. The number of hydrogen-bond acceptors (Lipinski definition) is 6. The third kappa shape index (κ3) is 3.77. The van der Waals surface area contributed by atoms with Gasteiger partial charge in [-0.25, -0.2) is 9.97 Å². The zero-order valence-corrected chi connectivity index (χ0v) is 12.6. The normalized spacial score (nSPS) is 12.2. The number of hydrogen-bond donors (Lipinski definition) is 1. The van der Waals surface area contributed by atoms with E-state index >= 15 is 0 Å². The number of thiazole rings is 1. The van der Waals surface area contributed by atoms with Gasteiger partial charge in [0, 0.05) is 19.5 Å². The molecule has 0 aliphatic rings. The molecule has 0 spiro atoms. The Balaban J connectivity index is 1.81. The second-order valence-corrected chi connectivity index (χ2v) is 5.59. The topological polar surface area (TPSA) is 75.9 Å². The van der Waals surface area contributed by atoms with E-state index in [4.69, 9.17) is 0 Å². The first-order valence-corrected chi connectivity index (χ1v) is 7.16. The average molecular weight is 294 g/mol. The lowest BCUT2D eigenvalue weighted by molar-refractivity contribution is -0.125. The average Bonchev–Trinajstić information content (AvgIpc) is 3.06. The van der Waals surface area contributed by atoms with Gasteiger partial charge in [-0.1, -0.05) is 6.92 Å². The molecule has 1 atom stereocenters. The van der Waals surface area contributed by atoms with Gasteiger partial charge in [0.2, 0.25) is 5.91 Å². The van der Waals surface area contributed by atoms with Crippen molar-refractivity contribution in [1.82, 2.24) is 25.1 Å². The molecule has 0 saturated heterocycles. The SMILES string of the molecule is C[C@@H](Cn1cncn1)C(=O)NCc1csc(N(C)C)n1. The monoisotopic (exact) mass is 294 g/mol. The van der Waals surface area contributed by atoms with E-state index in [1.165, 1.54) is 6.33 Å². The summed E-state index contributed by atoms with van der Waals surface area (Å²) >= 11 is 1.56. The molecule has 108 valence electrons. The molecule has 7 nitrogen and oxygen atoms in total. The molecule has 2 heterocycles. The Morgan fingerprint density at radius 1 is 1.55 bits per heavy atom. The molecule has 0 aliphatic carbocycles. The van der Waals surface area contributed by atoms with Crippen LogP contribution >= 0.6 is 11.3 Å². The molecule has 0 saturated carbocycles. The molecule has 2 aromatic rings. The Bertz CT molecular complexity index is 550. The predicted octanol–water partition coefficient (Wildman–Crippen LogP) is 0.753. The van der Waals surface area contributed by atoms with Crippen molar-refractivity contribution >= 4 is 22.4 Å². The molecule has 2 rings (SSSR count). The van der Waals surface area contributed by atoms with Gasteiger partial charge < -0.3 is 10.2 Å². The van der Waals surface area contributed by atoms with Crippen LogP contribution in [0.4, 0.5) is 5.13 Å². The molecule has 1 amide bonds. The van der Waals surface area contributed by atoms with Crippen LogP contribution in [0.25, 0.3) is 0 Å². The van der Waals surface area contributed by atoms with Crippen molar-refractivity contribution < 1.29 is 4.79 Å². The smallest absolute Gasteiger partial charge is 0.225 e. The first-order valence-electron chi connectivity index (χ1n) is 6.28. The molecular formula is C12H18N6OS. The summed E-state index contributed by atoms with van der Waals surface area (Å²) in [6, 6.07) is 0. The van der Waals surface area contributed by atoms with Crippen LogP contribution in [0, 0.1) is 5.92 Å². The summed E-state index contributed by atoms with van der Waals surface area (Å²) in [5.74, 6) is -0.177. The van der Waals surface area contributed by atoms with Gasteiger partial charge in [0.15, 0.2) is 5.13 Å². The van der Waals surface area contributed by atoms with Crippen LogP contribution in [0.1, 0.15) is 12.6 Å².